The van der Waals surface area contributed by atoms with Crippen molar-refractivity contribution >= 4 is 11.7 Å². The number of aliphatic hydroxyl groups is 1. The summed E-state index contributed by atoms with van der Waals surface area (Å²) in [6, 6.07) is 7.10. The van der Waals surface area contributed by atoms with Crippen molar-refractivity contribution in [2.45, 2.75) is 13.0 Å². The van der Waals surface area contributed by atoms with E-state index in [1.807, 2.05) is 6.92 Å². The molecule has 0 aliphatic rings. The van der Waals surface area contributed by atoms with Crippen LogP contribution in [0.2, 0.25) is 0 Å². The quantitative estimate of drug-likeness (QED) is 0.809. The number of anilines is 1. The molecule has 2 rings (SSSR count). The second-order valence-electron chi connectivity index (χ2n) is 4.56. The van der Waals surface area contributed by atoms with Crippen LogP contribution < -0.4 is 10.6 Å². The minimum Gasteiger partial charge on any atom is -0.386 e. The molecule has 0 radical (unpaired) electrons. The fourth-order valence-electron chi connectivity index (χ4n) is 1.82. The van der Waals surface area contributed by atoms with Gasteiger partial charge in [-0.25, -0.2) is 9.18 Å². The third kappa shape index (κ3) is 4.00. The van der Waals surface area contributed by atoms with E-state index in [4.69, 9.17) is 0 Å². The molecular weight excluding hydrogens is 273 g/mol. The summed E-state index contributed by atoms with van der Waals surface area (Å²) in [7, 11) is 0. The van der Waals surface area contributed by atoms with E-state index in [0.29, 0.717) is 5.69 Å². The largest absolute Gasteiger partial charge is 0.386 e. The van der Waals surface area contributed by atoms with Crippen LogP contribution >= 0.6 is 0 Å². The Morgan fingerprint density at radius 2 is 2.14 bits per heavy atom. The smallest absolute Gasteiger partial charge is 0.319 e. The van der Waals surface area contributed by atoms with Gasteiger partial charge < -0.3 is 15.7 Å². The van der Waals surface area contributed by atoms with E-state index in [9.17, 15) is 14.3 Å². The number of pyridine rings is 1. The van der Waals surface area contributed by atoms with Gasteiger partial charge in [-0.3, -0.25) is 4.98 Å². The summed E-state index contributed by atoms with van der Waals surface area (Å²) in [6.45, 7) is 1.73. The van der Waals surface area contributed by atoms with Gasteiger partial charge in [0, 0.05) is 30.2 Å². The number of rotatable bonds is 4. The molecule has 0 spiro atoms. The molecule has 2 amide bonds. The highest BCUT2D eigenvalue weighted by Crippen LogP contribution is 2.16. The maximum atomic E-state index is 13.5. The molecule has 2 aromatic rings. The van der Waals surface area contributed by atoms with Gasteiger partial charge in [0.15, 0.2) is 0 Å². The molecular formula is C15H16FN3O2. The van der Waals surface area contributed by atoms with E-state index in [1.54, 1.807) is 24.5 Å². The molecule has 0 aliphatic carbocycles. The van der Waals surface area contributed by atoms with Gasteiger partial charge in [0.05, 0.1) is 6.10 Å². The van der Waals surface area contributed by atoms with Gasteiger partial charge in [0.1, 0.15) is 5.82 Å². The number of hydrogen-bond donors (Lipinski definition) is 3. The van der Waals surface area contributed by atoms with Gasteiger partial charge in [-0.05, 0) is 24.6 Å². The monoisotopic (exact) mass is 289 g/mol. The van der Waals surface area contributed by atoms with Crippen molar-refractivity contribution in [3.63, 3.8) is 0 Å². The number of carbonyl (C=O) groups excluding carboxylic acids is 1. The van der Waals surface area contributed by atoms with Gasteiger partial charge in [-0.1, -0.05) is 18.2 Å². The van der Waals surface area contributed by atoms with E-state index in [2.05, 4.69) is 15.6 Å². The molecule has 110 valence electrons. The zero-order chi connectivity index (χ0) is 15.2. The third-order valence-electron chi connectivity index (χ3n) is 2.99. The van der Waals surface area contributed by atoms with E-state index >= 15 is 0 Å². The van der Waals surface area contributed by atoms with Crippen molar-refractivity contribution in [3.05, 3.63) is 59.7 Å². The van der Waals surface area contributed by atoms with Crippen LogP contribution in [0.4, 0.5) is 14.9 Å². The predicted octanol–water partition coefficient (Wildman–Crippen LogP) is 2.38. The van der Waals surface area contributed by atoms with Crippen LogP contribution in [-0.4, -0.2) is 22.7 Å². The lowest BCUT2D eigenvalue weighted by atomic mass is 10.1. The first-order valence-corrected chi connectivity index (χ1v) is 6.46. The summed E-state index contributed by atoms with van der Waals surface area (Å²) in [6.07, 6.45) is 2.09. The minimum atomic E-state index is -1.10. The van der Waals surface area contributed by atoms with Gasteiger partial charge in [-0.2, -0.15) is 0 Å². The third-order valence-corrected chi connectivity index (χ3v) is 2.99. The lowest BCUT2D eigenvalue weighted by Gasteiger charge is -2.14. The molecule has 21 heavy (non-hydrogen) atoms. The first-order valence-electron chi connectivity index (χ1n) is 6.46. The Kier molecular flexibility index (Phi) is 4.84. The van der Waals surface area contributed by atoms with Crippen LogP contribution in [0.25, 0.3) is 0 Å². The molecule has 1 atom stereocenters. The minimum absolute atomic E-state index is 0.0864. The van der Waals surface area contributed by atoms with Gasteiger partial charge in [0.25, 0.3) is 0 Å². The SMILES string of the molecule is Cc1cnccc1NC(=O)NCC(O)c1ccccc1F. The summed E-state index contributed by atoms with van der Waals surface area (Å²) in [5, 5.41) is 15.0. The maximum absolute atomic E-state index is 13.5. The normalized spacial score (nSPS) is 11.8. The Bertz CT molecular complexity index is 634. The van der Waals surface area contributed by atoms with E-state index in [1.165, 1.54) is 18.2 Å². The lowest BCUT2D eigenvalue weighted by molar-refractivity contribution is 0.170. The number of hydrogen-bond acceptors (Lipinski definition) is 3. The number of nitrogens with one attached hydrogen (secondary N) is 2. The molecule has 3 N–H and O–H groups in total. The molecule has 1 heterocycles. The van der Waals surface area contributed by atoms with Crippen molar-refractivity contribution in [1.82, 2.24) is 10.3 Å². The van der Waals surface area contributed by atoms with E-state index in [-0.39, 0.29) is 12.1 Å². The van der Waals surface area contributed by atoms with Gasteiger partial charge in [0.2, 0.25) is 0 Å². The standard InChI is InChI=1S/C15H16FN3O2/c1-10-8-17-7-6-13(10)19-15(21)18-9-14(20)11-4-2-3-5-12(11)16/h2-8,14,20H,9H2,1H3,(H2,17,18,19,21). The molecule has 1 unspecified atom stereocenters. The highest BCUT2D eigenvalue weighted by Gasteiger charge is 2.13. The highest BCUT2D eigenvalue weighted by atomic mass is 19.1. The van der Waals surface area contributed by atoms with Crippen LogP contribution in [0, 0.1) is 12.7 Å². The number of benzene rings is 1. The van der Waals surface area contributed by atoms with E-state index < -0.39 is 18.0 Å². The second kappa shape index (κ2) is 6.81. The molecule has 0 saturated heterocycles. The number of aliphatic hydroxyl groups excluding tert-OH is 1. The average molecular weight is 289 g/mol. The summed E-state index contributed by atoms with van der Waals surface area (Å²) in [5.74, 6) is -0.503. The van der Waals surface area contributed by atoms with Crippen LogP contribution in [0.1, 0.15) is 17.2 Å². The predicted molar refractivity (Wildman–Crippen MR) is 77.4 cm³/mol. The zero-order valence-corrected chi connectivity index (χ0v) is 11.5. The zero-order valence-electron chi connectivity index (χ0n) is 11.5. The summed E-state index contributed by atoms with van der Waals surface area (Å²) in [4.78, 5) is 15.7. The topological polar surface area (TPSA) is 74.2 Å². The van der Waals surface area contributed by atoms with Crippen molar-refractivity contribution in [2.75, 3.05) is 11.9 Å². The van der Waals surface area contributed by atoms with Crippen molar-refractivity contribution in [1.29, 1.82) is 0 Å². The number of amides is 2. The van der Waals surface area contributed by atoms with Crippen molar-refractivity contribution in [2.24, 2.45) is 0 Å². The first-order chi connectivity index (χ1) is 10.1. The Morgan fingerprint density at radius 3 is 2.86 bits per heavy atom. The molecule has 0 aliphatic heterocycles. The van der Waals surface area contributed by atoms with E-state index in [0.717, 1.165) is 5.56 Å². The number of halogens is 1. The summed E-state index contributed by atoms with van der Waals surface area (Å²) < 4.78 is 13.5. The Morgan fingerprint density at radius 1 is 1.38 bits per heavy atom. The fraction of sp³-hybridized carbons (Fsp3) is 0.200. The number of urea groups is 1. The number of aromatic nitrogens is 1. The Hall–Kier alpha value is -2.47. The second-order valence-corrected chi connectivity index (χ2v) is 4.56. The molecule has 0 saturated carbocycles. The molecule has 1 aromatic carbocycles. The molecule has 5 nitrogen and oxygen atoms in total. The number of aryl methyl sites for hydroxylation is 1. The maximum Gasteiger partial charge on any atom is 0.319 e. The molecule has 6 heteroatoms. The van der Waals surface area contributed by atoms with Crippen LogP contribution in [0.15, 0.2) is 42.7 Å². The van der Waals surface area contributed by atoms with Crippen molar-refractivity contribution in [3.8, 4) is 0 Å². The molecule has 0 bridgehead atoms. The fourth-order valence-corrected chi connectivity index (χ4v) is 1.82. The molecule has 1 aromatic heterocycles. The Labute approximate surface area is 121 Å². The number of nitrogens with zero attached hydrogens (tertiary/aromatic N) is 1. The lowest BCUT2D eigenvalue weighted by Crippen LogP contribution is -2.32. The van der Waals surface area contributed by atoms with Crippen LogP contribution in [-0.2, 0) is 0 Å². The van der Waals surface area contributed by atoms with Crippen LogP contribution in [0.5, 0.6) is 0 Å². The Balaban J connectivity index is 1.90. The van der Waals surface area contributed by atoms with Crippen LogP contribution in [0.3, 0.4) is 0 Å². The summed E-state index contributed by atoms with van der Waals surface area (Å²) >= 11 is 0. The highest BCUT2D eigenvalue weighted by molar-refractivity contribution is 5.89. The average Bonchev–Trinajstić information content (AvgIpc) is 2.48. The number of carbonyl (C=O) groups is 1. The van der Waals surface area contributed by atoms with Crippen molar-refractivity contribution < 1.29 is 14.3 Å². The molecule has 0 fully saturated rings. The summed E-state index contributed by atoms with van der Waals surface area (Å²) in [5.41, 5.74) is 1.60. The first kappa shape index (κ1) is 14.9. The van der Waals surface area contributed by atoms with Gasteiger partial charge >= 0.3 is 6.03 Å². The van der Waals surface area contributed by atoms with Gasteiger partial charge in [-0.15, -0.1) is 0 Å².